The summed E-state index contributed by atoms with van der Waals surface area (Å²) in [5.41, 5.74) is 0. The monoisotopic (exact) mass is 146 g/mol. The fourth-order valence-electron chi connectivity index (χ4n) is 1.43. The Morgan fingerprint density at radius 3 is 2.60 bits per heavy atom. The van der Waals surface area contributed by atoms with Gasteiger partial charge in [0.05, 0.1) is 6.61 Å². The molecule has 1 rings (SSSR count). The topological polar surface area (TPSA) is 38.7 Å². The largest absolute Gasteiger partial charge is 0.352 e. The molecule has 0 spiro atoms. The van der Waals surface area contributed by atoms with Crippen molar-refractivity contribution < 1.29 is 14.9 Å². The zero-order valence-electron chi connectivity index (χ0n) is 6.08. The summed E-state index contributed by atoms with van der Waals surface area (Å²) in [6, 6.07) is 0. The molecule has 3 nitrogen and oxygen atoms in total. The lowest BCUT2D eigenvalue weighted by molar-refractivity contribution is -0.297. The molecule has 3 heteroatoms. The third kappa shape index (κ3) is 2.64. The molecule has 60 valence electrons. The second-order valence-electron chi connectivity index (χ2n) is 2.77. The Morgan fingerprint density at radius 1 is 1.30 bits per heavy atom. The standard InChI is InChI=1S/C7H14O3/c8-10-6-9-5-7-3-1-2-4-7/h7-8H,1-6H2. The molecule has 0 aromatic carbocycles. The highest BCUT2D eigenvalue weighted by molar-refractivity contribution is 4.65. The van der Waals surface area contributed by atoms with Crippen LogP contribution in [0.15, 0.2) is 0 Å². The summed E-state index contributed by atoms with van der Waals surface area (Å²) >= 11 is 0. The number of hydrogen-bond donors (Lipinski definition) is 1. The van der Waals surface area contributed by atoms with Crippen molar-refractivity contribution in [2.75, 3.05) is 13.4 Å². The van der Waals surface area contributed by atoms with Crippen LogP contribution in [0, 0.1) is 5.92 Å². The van der Waals surface area contributed by atoms with Crippen LogP contribution in [-0.4, -0.2) is 18.7 Å². The van der Waals surface area contributed by atoms with Gasteiger partial charge in [-0.2, -0.15) is 0 Å². The van der Waals surface area contributed by atoms with E-state index in [1.807, 2.05) is 0 Å². The Morgan fingerprint density at radius 2 is 2.00 bits per heavy atom. The molecule has 0 aliphatic heterocycles. The quantitative estimate of drug-likeness (QED) is 0.283. The van der Waals surface area contributed by atoms with E-state index in [4.69, 9.17) is 9.99 Å². The number of rotatable bonds is 4. The average Bonchev–Trinajstić information content (AvgIpc) is 2.41. The van der Waals surface area contributed by atoms with Crippen LogP contribution in [-0.2, 0) is 9.62 Å². The lowest BCUT2D eigenvalue weighted by atomic mass is 10.1. The first-order chi connectivity index (χ1) is 4.93. The van der Waals surface area contributed by atoms with E-state index in [0.717, 1.165) is 6.61 Å². The summed E-state index contributed by atoms with van der Waals surface area (Å²) in [5, 5.41) is 7.92. The van der Waals surface area contributed by atoms with Gasteiger partial charge in [0.25, 0.3) is 0 Å². The van der Waals surface area contributed by atoms with E-state index < -0.39 is 0 Å². The first kappa shape index (κ1) is 7.98. The van der Waals surface area contributed by atoms with Crippen molar-refractivity contribution in [1.82, 2.24) is 0 Å². The van der Waals surface area contributed by atoms with Gasteiger partial charge in [0.1, 0.15) is 0 Å². The molecule has 0 unspecified atom stereocenters. The molecule has 0 aromatic heterocycles. The average molecular weight is 146 g/mol. The summed E-state index contributed by atoms with van der Waals surface area (Å²) in [4.78, 5) is 3.78. The second-order valence-corrected chi connectivity index (χ2v) is 2.77. The molecule has 0 bridgehead atoms. The van der Waals surface area contributed by atoms with E-state index in [1.54, 1.807) is 0 Å². The van der Waals surface area contributed by atoms with Crippen LogP contribution in [0.2, 0.25) is 0 Å². The fourth-order valence-corrected chi connectivity index (χ4v) is 1.43. The van der Waals surface area contributed by atoms with Gasteiger partial charge in [-0.1, -0.05) is 12.8 Å². The van der Waals surface area contributed by atoms with Crippen LogP contribution in [0.25, 0.3) is 0 Å². The number of ether oxygens (including phenoxy) is 1. The second kappa shape index (κ2) is 4.66. The van der Waals surface area contributed by atoms with Crippen LogP contribution >= 0.6 is 0 Å². The van der Waals surface area contributed by atoms with Crippen molar-refractivity contribution in [2.45, 2.75) is 25.7 Å². The Labute approximate surface area is 60.9 Å². The summed E-state index contributed by atoms with van der Waals surface area (Å²) in [6.07, 6.45) is 5.19. The van der Waals surface area contributed by atoms with E-state index in [0.29, 0.717) is 5.92 Å². The van der Waals surface area contributed by atoms with Gasteiger partial charge >= 0.3 is 0 Å². The fraction of sp³-hybridized carbons (Fsp3) is 1.00. The molecule has 1 aliphatic carbocycles. The van der Waals surface area contributed by atoms with Crippen molar-refractivity contribution in [3.05, 3.63) is 0 Å². The maximum atomic E-state index is 7.92. The third-order valence-corrected chi connectivity index (χ3v) is 1.96. The van der Waals surface area contributed by atoms with Crippen LogP contribution in [0.1, 0.15) is 25.7 Å². The van der Waals surface area contributed by atoms with Crippen LogP contribution in [0.4, 0.5) is 0 Å². The lowest BCUT2D eigenvalue weighted by Crippen LogP contribution is -2.07. The summed E-state index contributed by atoms with van der Waals surface area (Å²) < 4.78 is 4.99. The van der Waals surface area contributed by atoms with Gasteiger partial charge in [0.15, 0.2) is 6.79 Å². The predicted octanol–water partition coefficient (Wildman–Crippen LogP) is 1.64. The van der Waals surface area contributed by atoms with Crippen molar-refractivity contribution >= 4 is 0 Å². The van der Waals surface area contributed by atoms with E-state index in [1.165, 1.54) is 25.7 Å². The van der Waals surface area contributed by atoms with E-state index in [-0.39, 0.29) is 6.79 Å². The minimum Gasteiger partial charge on any atom is -0.352 e. The van der Waals surface area contributed by atoms with Crippen molar-refractivity contribution in [1.29, 1.82) is 0 Å². The highest BCUT2D eigenvalue weighted by Gasteiger charge is 2.14. The van der Waals surface area contributed by atoms with E-state index >= 15 is 0 Å². The normalized spacial score (nSPS) is 20.1. The van der Waals surface area contributed by atoms with Gasteiger partial charge in [-0.25, -0.2) is 10.1 Å². The lowest BCUT2D eigenvalue weighted by Gasteiger charge is -2.07. The molecule has 0 aromatic rings. The molecular weight excluding hydrogens is 132 g/mol. The first-order valence-electron chi connectivity index (χ1n) is 3.77. The maximum Gasteiger partial charge on any atom is 0.180 e. The Balaban J connectivity index is 1.91. The maximum absolute atomic E-state index is 7.92. The molecule has 0 amide bonds. The molecule has 0 atom stereocenters. The van der Waals surface area contributed by atoms with Gasteiger partial charge < -0.3 is 4.74 Å². The molecule has 10 heavy (non-hydrogen) atoms. The molecule has 1 saturated carbocycles. The van der Waals surface area contributed by atoms with Gasteiger partial charge in [0.2, 0.25) is 0 Å². The smallest absolute Gasteiger partial charge is 0.180 e. The molecule has 1 fully saturated rings. The highest BCUT2D eigenvalue weighted by atomic mass is 17.1. The summed E-state index contributed by atoms with van der Waals surface area (Å²) in [7, 11) is 0. The Bertz CT molecular complexity index is 78.9. The van der Waals surface area contributed by atoms with Gasteiger partial charge in [-0.3, -0.25) is 0 Å². The van der Waals surface area contributed by atoms with Crippen molar-refractivity contribution in [3.63, 3.8) is 0 Å². The van der Waals surface area contributed by atoms with Crippen LogP contribution in [0.3, 0.4) is 0 Å². The minimum atomic E-state index is 0.0104. The zero-order chi connectivity index (χ0) is 7.23. The SMILES string of the molecule is OOCOCC1CCCC1. The third-order valence-electron chi connectivity index (χ3n) is 1.96. The molecule has 1 N–H and O–H groups in total. The van der Waals surface area contributed by atoms with Crippen molar-refractivity contribution in [3.8, 4) is 0 Å². The Kier molecular flexibility index (Phi) is 3.72. The van der Waals surface area contributed by atoms with E-state index in [9.17, 15) is 0 Å². The first-order valence-corrected chi connectivity index (χ1v) is 3.77. The zero-order valence-corrected chi connectivity index (χ0v) is 6.08. The summed E-state index contributed by atoms with van der Waals surface area (Å²) in [6.45, 7) is 0.747. The van der Waals surface area contributed by atoms with Gasteiger partial charge in [0, 0.05) is 0 Å². The highest BCUT2D eigenvalue weighted by Crippen LogP contribution is 2.24. The Hall–Kier alpha value is -0.120. The molecule has 1 aliphatic rings. The number of hydrogen-bond acceptors (Lipinski definition) is 3. The van der Waals surface area contributed by atoms with Crippen LogP contribution < -0.4 is 0 Å². The summed E-state index contributed by atoms with van der Waals surface area (Å²) in [5.74, 6) is 0.704. The molecular formula is C7H14O3. The molecule has 0 heterocycles. The van der Waals surface area contributed by atoms with Crippen LogP contribution in [0.5, 0.6) is 0 Å². The minimum absolute atomic E-state index is 0.0104. The predicted molar refractivity (Wildman–Crippen MR) is 36.5 cm³/mol. The van der Waals surface area contributed by atoms with E-state index in [2.05, 4.69) is 4.89 Å². The van der Waals surface area contributed by atoms with Crippen molar-refractivity contribution in [2.24, 2.45) is 5.92 Å². The molecule has 0 radical (unpaired) electrons. The van der Waals surface area contributed by atoms with Gasteiger partial charge in [-0.05, 0) is 18.8 Å². The van der Waals surface area contributed by atoms with Gasteiger partial charge in [-0.15, -0.1) is 0 Å². The molecule has 0 saturated heterocycles.